The minimum atomic E-state index is 0.697. The summed E-state index contributed by atoms with van der Waals surface area (Å²) in [6.45, 7) is 8.42. The van der Waals surface area contributed by atoms with E-state index in [1.165, 1.54) is 16.7 Å². The molecule has 5 nitrogen and oxygen atoms in total. The molecule has 3 aromatic heterocycles. The number of pyridine rings is 3. The molecule has 0 saturated carbocycles. The molecule has 28 heavy (non-hydrogen) atoms. The molecule has 0 atom stereocenters. The molecule has 0 spiro atoms. The lowest BCUT2D eigenvalue weighted by Gasteiger charge is -2.21. The van der Waals surface area contributed by atoms with Crippen molar-refractivity contribution in [3.8, 4) is 0 Å². The summed E-state index contributed by atoms with van der Waals surface area (Å²) >= 11 is 0. The van der Waals surface area contributed by atoms with E-state index in [1.807, 2.05) is 43.0 Å². The third-order valence-corrected chi connectivity index (χ3v) is 4.73. The van der Waals surface area contributed by atoms with Gasteiger partial charge in [-0.3, -0.25) is 15.0 Å². The topological polar surface area (TPSA) is 53.9 Å². The van der Waals surface area contributed by atoms with Gasteiger partial charge in [0.15, 0.2) is 0 Å². The summed E-state index contributed by atoms with van der Waals surface area (Å²) in [5, 5.41) is 3.35. The zero-order chi connectivity index (χ0) is 19.8. The van der Waals surface area contributed by atoms with Crippen molar-refractivity contribution in [1.29, 1.82) is 0 Å². The third kappa shape index (κ3) is 5.39. The van der Waals surface area contributed by atoms with E-state index in [9.17, 15) is 0 Å². The molecule has 5 heteroatoms. The van der Waals surface area contributed by atoms with Crippen LogP contribution in [0, 0.1) is 20.8 Å². The molecule has 0 aliphatic heterocycles. The molecule has 0 bridgehead atoms. The molecular formula is C23H27N5. The fraction of sp³-hybridized carbons (Fsp3) is 0.261. The van der Waals surface area contributed by atoms with Crippen molar-refractivity contribution in [3.63, 3.8) is 0 Å². The monoisotopic (exact) mass is 373 g/mol. The maximum absolute atomic E-state index is 4.54. The number of aromatic nitrogens is 3. The van der Waals surface area contributed by atoms with Gasteiger partial charge < -0.3 is 10.2 Å². The number of nitrogens with zero attached hydrogens (tertiary/aromatic N) is 4. The van der Waals surface area contributed by atoms with Gasteiger partial charge in [0, 0.05) is 31.0 Å². The van der Waals surface area contributed by atoms with Gasteiger partial charge in [0.25, 0.3) is 0 Å². The summed E-state index contributed by atoms with van der Waals surface area (Å²) in [7, 11) is 0. The molecule has 0 amide bonds. The Balaban J connectivity index is 1.71. The molecule has 0 aliphatic carbocycles. The Morgan fingerprint density at radius 3 is 1.68 bits per heavy atom. The smallest absolute Gasteiger partial charge is 0.0625 e. The fourth-order valence-electron chi connectivity index (χ4n) is 2.93. The number of nitrogens with one attached hydrogen (secondary N) is 1. The van der Waals surface area contributed by atoms with Gasteiger partial charge in [-0.05, 0) is 55.7 Å². The van der Waals surface area contributed by atoms with Crippen LogP contribution in [0.15, 0.2) is 67.4 Å². The van der Waals surface area contributed by atoms with E-state index < -0.39 is 0 Å². The van der Waals surface area contributed by atoms with E-state index in [0.717, 1.165) is 30.2 Å². The normalized spacial score (nSPS) is 11.0. The average molecular weight is 374 g/mol. The van der Waals surface area contributed by atoms with Crippen LogP contribution in [-0.4, -0.2) is 19.9 Å². The van der Waals surface area contributed by atoms with Crippen LogP contribution in [0.25, 0.3) is 0 Å². The Labute approximate surface area is 167 Å². The highest BCUT2D eigenvalue weighted by Gasteiger charge is 2.08. The van der Waals surface area contributed by atoms with E-state index in [1.54, 1.807) is 0 Å². The largest absolute Gasteiger partial charge is 0.384 e. The van der Waals surface area contributed by atoms with Gasteiger partial charge in [-0.25, -0.2) is 0 Å². The Morgan fingerprint density at radius 1 is 0.750 bits per heavy atom. The Morgan fingerprint density at radius 2 is 1.21 bits per heavy atom. The van der Waals surface area contributed by atoms with Crippen LogP contribution >= 0.6 is 0 Å². The number of hydrogen-bond acceptors (Lipinski definition) is 5. The van der Waals surface area contributed by atoms with Crippen LogP contribution in [-0.2, 0) is 19.6 Å². The molecule has 3 aromatic rings. The summed E-state index contributed by atoms with van der Waals surface area (Å²) in [5.74, 6) is 0. The van der Waals surface area contributed by atoms with E-state index in [2.05, 4.69) is 70.3 Å². The van der Waals surface area contributed by atoms with E-state index >= 15 is 0 Å². The Bertz CT molecular complexity index is 888. The van der Waals surface area contributed by atoms with E-state index in [0.29, 0.717) is 6.54 Å². The van der Waals surface area contributed by atoms with Crippen LogP contribution in [0.5, 0.6) is 0 Å². The summed E-state index contributed by atoms with van der Waals surface area (Å²) < 4.78 is 0. The summed E-state index contributed by atoms with van der Waals surface area (Å²) in [6, 6.07) is 12.2. The number of hydrogen-bond donors (Lipinski definition) is 1. The molecule has 0 radical (unpaired) electrons. The van der Waals surface area contributed by atoms with Crippen molar-refractivity contribution in [2.45, 2.75) is 40.4 Å². The first-order valence-electron chi connectivity index (χ1n) is 9.49. The first-order chi connectivity index (χ1) is 13.6. The first-order valence-corrected chi connectivity index (χ1v) is 9.49. The van der Waals surface area contributed by atoms with Crippen molar-refractivity contribution < 1.29 is 0 Å². The summed E-state index contributed by atoms with van der Waals surface area (Å²) in [5.41, 5.74) is 6.77. The van der Waals surface area contributed by atoms with E-state index in [-0.39, 0.29) is 0 Å². The van der Waals surface area contributed by atoms with Crippen LogP contribution in [0.4, 0.5) is 0 Å². The van der Waals surface area contributed by atoms with Gasteiger partial charge in [0.1, 0.15) is 0 Å². The van der Waals surface area contributed by atoms with Crippen molar-refractivity contribution in [3.05, 3.63) is 101 Å². The molecule has 0 fully saturated rings. The van der Waals surface area contributed by atoms with Crippen LogP contribution in [0.1, 0.15) is 33.8 Å². The summed E-state index contributed by atoms with van der Waals surface area (Å²) in [6.07, 6.45) is 9.57. The van der Waals surface area contributed by atoms with Crippen LogP contribution in [0.2, 0.25) is 0 Å². The van der Waals surface area contributed by atoms with Crippen molar-refractivity contribution in [2.75, 3.05) is 0 Å². The lowest BCUT2D eigenvalue weighted by molar-refractivity contribution is 0.349. The first kappa shape index (κ1) is 19.5. The Kier molecular flexibility index (Phi) is 6.73. The minimum Gasteiger partial charge on any atom is -0.384 e. The predicted molar refractivity (Wildman–Crippen MR) is 112 cm³/mol. The zero-order valence-electron chi connectivity index (χ0n) is 16.8. The van der Waals surface area contributed by atoms with E-state index in [4.69, 9.17) is 0 Å². The lowest BCUT2D eigenvalue weighted by Crippen LogP contribution is -2.20. The van der Waals surface area contributed by atoms with Gasteiger partial charge in [-0.15, -0.1) is 0 Å². The molecule has 0 unspecified atom stereocenters. The molecule has 3 rings (SSSR count). The maximum Gasteiger partial charge on any atom is 0.0625 e. The van der Waals surface area contributed by atoms with Crippen molar-refractivity contribution >= 4 is 0 Å². The highest BCUT2D eigenvalue weighted by molar-refractivity contribution is 5.21. The maximum atomic E-state index is 4.54. The standard InChI is InChI=1S/C23H27N5/c1-18-7-4-10-25-21(18)15-24-13-14-28(16-22-19(2)8-5-11-26-22)17-23-20(3)9-6-12-27-23/h4-14,24H,15-17H2,1-3H3/b14-13+. The number of rotatable bonds is 8. The van der Waals surface area contributed by atoms with Crippen LogP contribution in [0.3, 0.4) is 0 Å². The molecule has 144 valence electrons. The van der Waals surface area contributed by atoms with Gasteiger partial charge in [0.2, 0.25) is 0 Å². The highest BCUT2D eigenvalue weighted by Crippen LogP contribution is 2.13. The molecule has 0 saturated heterocycles. The molecule has 0 aliphatic rings. The fourth-order valence-corrected chi connectivity index (χ4v) is 2.93. The molecule has 1 N–H and O–H groups in total. The van der Waals surface area contributed by atoms with Crippen LogP contribution < -0.4 is 5.32 Å². The van der Waals surface area contributed by atoms with Gasteiger partial charge in [-0.1, -0.05) is 18.2 Å². The molecular weight excluding hydrogens is 346 g/mol. The molecule has 0 aromatic carbocycles. The third-order valence-electron chi connectivity index (χ3n) is 4.73. The quantitative estimate of drug-likeness (QED) is 0.645. The van der Waals surface area contributed by atoms with Gasteiger partial charge >= 0.3 is 0 Å². The second-order valence-electron chi connectivity index (χ2n) is 6.90. The highest BCUT2D eigenvalue weighted by atomic mass is 15.1. The second kappa shape index (κ2) is 9.65. The predicted octanol–water partition coefficient (Wildman–Crippen LogP) is 4.06. The lowest BCUT2D eigenvalue weighted by atomic mass is 10.2. The van der Waals surface area contributed by atoms with Gasteiger partial charge in [-0.2, -0.15) is 0 Å². The second-order valence-corrected chi connectivity index (χ2v) is 6.90. The van der Waals surface area contributed by atoms with Crippen molar-refractivity contribution in [2.24, 2.45) is 0 Å². The molecule has 3 heterocycles. The Hall–Kier alpha value is -3.21. The van der Waals surface area contributed by atoms with Crippen molar-refractivity contribution in [1.82, 2.24) is 25.2 Å². The zero-order valence-corrected chi connectivity index (χ0v) is 16.8. The SMILES string of the molecule is Cc1cccnc1CN/C=C/N(Cc1ncccc1C)Cc1ncccc1C. The summed E-state index contributed by atoms with van der Waals surface area (Å²) in [4.78, 5) is 15.7. The minimum absolute atomic E-state index is 0.697. The number of aryl methyl sites for hydroxylation is 3. The average Bonchev–Trinajstić information content (AvgIpc) is 2.70. The van der Waals surface area contributed by atoms with Gasteiger partial charge in [0.05, 0.1) is 36.7 Å².